The Balaban J connectivity index is 2.25. The van der Waals surface area contributed by atoms with Gasteiger partial charge < -0.3 is 19.7 Å². The van der Waals surface area contributed by atoms with E-state index in [9.17, 15) is 0 Å². The van der Waals surface area contributed by atoms with E-state index in [1.807, 2.05) is 26.2 Å². The van der Waals surface area contributed by atoms with Crippen molar-refractivity contribution >= 4 is 11.4 Å². The first-order valence-electron chi connectivity index (χ1n) is 4.96. The molecule has 15 heavy (non-hydrogen) atoms. The Bertz CT molecular complexity index is 354. The van der Waals surface area contributed by atoms with Gasteiger partial charge in [0.15, 0.2) is 6.23 Å². The van der Waals surface area contributed by atoms with Crippen molar-refractivity contribution in [3.05, 3.63) is 18.2 Å². The van der Waals surface area contributed by atoms with Crippen LogP contribution >= 0.6 is 0 Å². The molecule has 0 bridgehead atoms. The molecule has 0 saturated heterocycles. The summed E-state index contributed by atoms with van der Waals surface area (Å²) in [5, 5.41) is 3.11. The molecule has 1 aromatic rings. The van der Waals surface area contributed by atoms with Crippen LogP contribution < -0.4 is 15.0 Å². The van der Waals surface area contributed by atoms with Crippen LogP contribution in [0.2, 0.25) is 0 Å². The standard InChI is InChI=1S/C11H16N2O2/c1-12-8-4-5-10-9(6-8)13(2)11(15-10)7-14-3/h4-6,11-12H,7H2,1-3H3. The minimum Gasteiger partial charge on any atom is -0.466 e. The molecule has 1 aromatic carbocycles. The summed E-state index contributed by atoms with van der Waals surface area (Å²) in [6, 6.07) is 6.06. The van der Waals surface area contributed by atoms with E-state index in [0.29, 0.717) is 6.61 Å². The fourth-order valence-corrected chi connectivity index (χ4v) is 1.72. The largest absolute Gasteiger partial charge is 0.466 e. The second-order valence-corrected chi connectivity index (χ2v) is 3.57. The van der Waals surface area contributed by atoms with Gasteiger partial charge in [-0.2, -0.15) is 0 Å². The Hall–Kier alpha value is -1.42. The molecule has 1 heterocycles. The quantitative estimate of drug-likeness (QED) is 0.816. The number of hydrogen-bond acceptors (Lipinski definition) is 4. The monoisotopic (exact) mass is 208 g/mol. The van der Waals surface area contributed by atoms with Gasteiger partial charge in [-0.3, -0.25) is 0 Å². The van der Waals surface area contributed by atoms with Crippen LogP contribution in [0, 0.1) is 0 Å². The second kappa shape index (κ2) is 3.98. The number of hydrogen-bond donors (Lipinski definition) is 1. The Labute approximate surface area is 89.8 Å². The molecule has 1 aliphatic heterocycles. The van der Waals surface area contributed by atoms with Gasteiger partial charge in [-0.25, -0.2) is 0 Å². The third kappa shape index (κ3) is 1.72. The lowest BCUT2D eigenvalue weighted by Gasteiger charge is -2.19. The summed E-state index contributed by atoms with van der Waals surface area (Å²) in [5.74, 6) is 0.915. The molecule has 1 N–H and O–H groups in total. The lowest BCUT2D eigenvalue weighted by molar-refractivity contribution is 0.0940. The van der Waals surface area contributed by atoms with E-state index >= 15 is 0 Å². The molecule has 1 aliphatic rings. The average Bonchev–Trinajstić information content (AvgIpc) is 2.56. The van der Waals surface area contributed by atoms with Crippen molar-refractivity contribution in [1.82, 2.24) is 0 Å². The SMILES string of the molecule is CNc1ccc2c(c1)N(C)C(COC)O2. The minimum atomic E-state index is -0.0166. The maximum absolute atomic E-state index is 5.73. The van der Waals surface area contributed by atoms with Crippen LogP contribution in [0.15, 0.2) is 18.2 Å². The van der Waals surface area contributed by atoms with E-state index in [2.05, 4.69) is 16.3 Å². The van der Waals surface area contributed by atoms with Crippen LogP contribution in [0.3, 0.4) is 0 Å². The summed E-state index contributed by atoms with van der Waals surface area (Å²) < 4.78 is 10.8. The van der Waals surface area contributed by atoms with Crippen molar-refractivity contribution < 1.29 is 9.47 Å². The molecular formula is C11H16N2O2. The fourth-order valence-electron chi connectivity index (χ4n) is 1.72. The number of benzene rings is 1. The van der Waals surface area contributed by atoms with Crippen molar-refractivity contribution in [2.24, 2.45) is 0 Å². The highest BCUT2D eigenvalue weighted by Gasteiger charge is 2.27. The van der Waals surface area contributed by atoms with Crippen molar-refractivity contribution in [3.8, 4) is 5.75 Å². The Morgan fingerprint density at radius 1 is 1.53 bits per heavy atom. The zero-order valence-electron chi connectivity index (χ0n) is 9.28. The molecule has 82 valence electrons. The van der Waals surface area contributed by atoms with Gasteiger partial charge in [0.2, 0.25) is 0 Å². The molecule has 4 heteroatoms. The Kier molecular flexibility index (Phi) is 2.68. The van der Waals surface area contributed by atoms with Gasteiger partial charge in [0, 0.05) is 26.9 Å². The normalized spacial score (nSPS) is 18.6. The summed E-state index contributed by atoms with van der Waals surface area (Å²) in [6.07, 6.45) is -0.0166. The van der Waals surface area contributed by atoms with E-state index < -0.39 is 0 Å². The lowest BCUT2D eigenvalue weighted by atomic mass is 10.2. The van der Waals surface area contributed by atoms with Gasteiger partial charge in [-0.15, -0.1) is 0 Å². The van der Waals surface area contributed by atoms with Gasteiger partial charge in [0.1, 0.15) is 12.4 Å². The predicted octanol–water partition coefficient (Wildman–Crippen LogP) is 1.53. The Morgan fingerprint density at radius 3 is 3.00 bits per heavy atom. The second-order valence-electron chi connectivity index (χ2n) is 3.57. The van der Waals surface area contributed by atoms with Crippen LogP contribution in [-0.2, 0) is 4.74 Å². The van der Waals surface area contributed by atoms with Gasteiger partial charge in [0.05, 0.1) is 5.69 Å². The number of methoxy groups -OCH3 is 1. The summed E-state index contributed by atoms with van der Waals surface area (Å²) >= 11 is 0. The van der Waals surface area contributed by atoms with Gasteiger partial charge in [-0.1, -0.05) is 0 Å². The maximum Gasteiger partial charge on any atom is 0.195 e. The number of nitrogens with zero attached hydrogens (tertiary/aromatic N) is 1. The van der Waals surface area contributed by atoms with Crippen LogP contribution in [-0.4, -0.2) is 34.0 Å². The summed E-state index contributed by atoms with van der Waals surface area (Å²) in [4.78, 5) is 2.08. The van der Waals surface area contributed by atoms with E-state index in [0.717, 1.165) is 17.1 Å². The topological polar surface area (TPSA) is 33.7 Å². The van der Waals surface area contributed by atoms with E-state index in [-0.39, 0.29) is 6.23 Å². The maximum atomic E-state index is 5.73. The molecule has 0 spiro atoms. The number of ether oxygens (including phenoxy) is 2. The molecule has 0 radical (unpaired) electrons. The van der Waals surface area contributed by atoms with Crippen LogP contribution in [0.4, 0.5) is 11.4 Å². The van der Waals surface area contributed by atoms with Crippen molar-refractivity contribution in [2.45, 2.75) is 6.23 Å². The lowest BCUT2D eigenvalue weighted by Crippen LogP contribution is -2.34. The smallest absolute Gasteiger partial charge is 0.195 e. The molecular weight excluding hydrogens is 192 g/mol. The number of likely N-dealkylation sites (N-methyl/N-ethyl adjacent to an activating group) is 1. The van der Waals surface area contributed by atoms with Gasteiger partial charge in [-0.05, 0) is 18.2 Å². The summed E-state index contributed by atoms with van der Waals surface area (Å²) in [6.45, 7) is 0.570. The van der Waals surface area contributed by atoms with Crippen molar-refractivity contribution in [1.29, 1.82) is 0 Å². The molecule has 0 saturated carbocycles. The molecule has 2 rings (SSSR count). The van der Waals surface area contributed by atoms with Gasteiger partial charge >= 0.3 is 0 Å². The highest BCUT2D eigenvalue weighted by molar-refractivity contribution is 5.68. The Morgan fingerprint density at radius 2 is 2.33 bits per heavy atom. The van der Waals surface area contributed by atoms with Crippen molar-refractivity contribution in [2.75, 3.05) is 38.0 Å². The van der Waals surface area contributed by atoms with Crippen LogP contribution in [0.1, 0.15) is 0 Å². The molecule has 1 atom stereocenters. The number of nitrogens with one attached hydrogen (secondary N) is 1. The molecule has 4 nitrogen and oxygen atoms in total. The average molecular weight is 208 g/mol. The first-order chi connectivity index (χ1) is 7.26. The number of rotatable bonds is 3. The first-order valence-corrected chi connectivity index (χ1v) is 4.96. The number of anilines is 2. The minimum absolute atomic E-state index is 0.0166. The predicted molar refractivity (Wildman–Crippen MR) is 60.7 cm³/mol. The van der Waals surface area contributed by atoms with Crippen LogP contribution in [0.25, 0.3) is 0 Å². The van der Waals surface area contributed by atoms with E-state index in [1.54, 1.807) is 7.11 Å². The summed E-state index contributed by atoms with van der Waals surface area (Å²) in [7, 11) is 5.60. The molecule has 1 unspecified atom stereocenters. The fraction of sp³-hybridized carbons (Fsp3) is 0.455. The van der Waals surface area contributed by atoms with E-state index in [1.165, 1.54) is 0 Å². The molecule has 0 aliphatic carbocycles. The molecule has 0 fully saturated rings. The van der Waals surface area contributed by atoms with E-state index in [4.69, 9.17) is 9.47 Å². The van der Waals surface area contributed by atoms with Crippen LogP contribution in [0.5, 0.6) is 5.75 Å². The summed E-state index contributed by atoms with van der Waals surface area (Å²) in [5.41, 5.74) is 2.19. The first kappa shape index (κ1) is 10.1. The van der Waals surface area contributed by atoms with Gasteiger partial charge in [0.25, 0.3) is 0 Å². The highest BCUT2D eigenvalue weighted by Crippen LogP contribution is 2.37. The zero-order chi connectivity index (χ0) is 10.8. The number of fused-ring (bicyclic) bond motifs is 1. The third-order valence-electron chi connectivity index (χ3n) is 2.63. The third-order valence-corrected chi connectivity index (χ3v) is 2.63. The van der Waals surface area contributed by atoms with Crippen molar-refractivity contribution in [3.63, 3.8) is 0 Å². The molecule has 0 aromatic heterocycles. The molecule has 0 amide bonds. The zero-order valence-corrected chi connectivity index (χ0v) is 9.28. The highest BCUT2D eigenvalue weighted by atomic mass is 16.5.